The number of aldehydes is 1. The molecule has 2 nitrogen and oxygen atoms in total. The molecule has 4 aromatic rings. The zero-order chi connectivity index (χ0) is 15.1. The van der Waals surface area contributed by atoms with E-state index < -0.39 is 0 Å². The van der Waals surface area contributed by atoms with Crippen LogP contribution in [0.5, 0.6) is 0 Å². The topological polar surface area (TPSA) is 30.2 Å². The third-order valence-corrected chi connectivity index (χ3v) is 4.07. The minimum atomic E-state index is 0.609. The van der Waals surface area contributed by atoms with Crippen molar-refractivity contribution in [2.75, 3.05) is 0 Å². The molecule has 106 valence electrons. The Bertz CT molecular complexity index is 1010. The van der Waals surface area contributed by atoms with Crippen LogP contribution in [0.4, 0.5) is 0 Å². The number of para-hydroxylation sites is 1. The van der Waals surface area contributed by atoms with Gasteiger partial charge in [0, 0.05) is 21.4 Å². The van der Waals surface area contributed by atoms with Crippen molar-refractivity contribution in [3.05, 3.63) is 71.2 Å². The molecule has 0 amide bonds. The number of fused-ring (bicyclic) bond motifs is 3. The number of halogens is 1. The first-order valence-corrected chi connectivity index (χ1v) is 7.30. The summed E-state index contributed by atoms with van der Waals surface area (Å²) in [5, 5.41) is 2.71. The van der Waals surface area contributed by atoms with Crippen molar-refractivity contribution in [2.45, 2.75) is 0 Å². The lowest BCUT2D eigenvalue weighted by Crippen LogP contribution is -1.87. The zero-order valence-corrected chi connectivity index (χ0v) is 12.3. The molecule has 0 aliphatic heterocycles. The van der Waals surface area contributed by atoms with E-state index in [1.807, 2.05) is 48.5 Å². The average molecular weight is 307 g/mol. The van der Waals surface area contributed by atoms with Gasteiger partial charge in [0.2, 0.25) is 0 Å². The predicted octanol–water partition coefficient (Wildman–Crippen LogP) is 5.72. The second-order valence-corrected chi connectivity index (χ2v) is 5.60. The Labute approximate surface area is 131 Å². The van der Waals surface area contributed by atoms with Gasteiger partial charge in [-0.3, -0.25) is 4.79 Å². The molecule has 0 aliphatic rings. The van der Waals surface area contributed by atoms with Gasteiger partial charge in [0.1, 0.15) is 11.2 Å². The third kappa shape index (κ3) is 2.00. The average Bonchev–Trinajstić information content (AvgIpc) is 2.92. The number of carbonyl (C=O) groups excluding carboxylic acids is 1. The Morgan fingerprint density at radius 1 is 0.864 bits per heavy atom. The SMILES string of the molecule is O=Cc1ccc(Cl)cc1-c1ccc2oc3ccccc3c2c1. The summed E-state index contributed by atoms with van der Waals surface area (Å²) in [6.07, 6.45) is 0.851. The van der Waals surface area contributed by atoms with E-state index in [4.69, 9.17) is 16.0 Å². The lowest BCUT2D eigenvalue weighted by atomic mass is 9.98. The van der Waals surface area contributed by atoms with Crippen LogP contribution in [0.1, 0.15) is 10.4 Å². The fraction of sp³-hybridized carbons (Fsp3) is 0. The molecule has 0 fully saturated rings. The Hall–Kier alpha value is -2.58. The van der Waals surface area contributed by atoms with Gasteiger partial charge >= 0.3 is 0 Å². The third-order valence-electron chi connectivity index (χ3n) is 3.83. The first kappa shape index (κ1) is 13.1. The molecule has 0 saturated heterocycles. The number of rotatable bonds is 2. The Morgan fingerprint density at radius 3 is 2.55 bits per heavy atom. The second kappa shape index (κ2) is 5.00. The minimum absolute atomic E-state index is 0.609. The molecule has 0 spiro atoms. The maximum Gasteiger partial charge on any atom is 0.150 e. The van der Waals surface area contributed by atoms with Gasteiger partial charge in [-0.2, -0.15) is 0 Å². The van der Waals surface area contributed by atoms with Crippen molar-refractivity contribution in [3.63, 3.8) is 0 Å². The van der Waals surface area contributed by atoms with E-state index in [1.165, 1.54) is 0 Å². The molecule has 0 N–H and O–H groups in total. The maximum absolute atomic E-state index is 11.3. The minimum Gasteiger partial charge on any atom is -0.456 e. The highest BCUT2D eigenvalue weighted by Gasteiger charge is 2.10. The quantitative estimate of drug-likeness (QED) is 0.443. The van der Waals surface area contributed by atoms with Crippen molar-refractivity contribution in [1.82, 2.24) is 0 Å². The van der Waals surface area contributed by atoms with Gasteiger partial charge in [-0.25, -0.2) is 0 Å². The summed E-state index contributed by atoms with van der Waals surface area (Å²) in [6, 6.07) is 19.1. The van der Waals surface area contributed by atoms with E-state index in [9.17, 15) is 4.79 Å². The summed E-state index contributed by atoms with van der Waals surface area (Å²) in [6.45, 7) is 0. The Kier molecular flexibility index (Phi) is 2.98. The number of benzene rings is 3. The van der Waals surface area contributed by atoms with Crippen LogP contribution in [-0.2, 0) is 0 Å². The van der Waals surface area contributed by atoms with Crippen LogP contribution >= 0.6 is 11.6 Å². The molecule has 0 unspecified atom stereocenters. The van der Waals surface area contributed by atoms with E-state index in [0.29, 0.717) is 10.6 Å². The van der Waals surface area contributed by atoms with E-state index in [-0.39, 0.29) is 0 Å². The Morgan fingerprint density at radius 2 is 1.68 bits per heavy atom. The first-order valence-electron chi connectivity index (χ1n) is 6.93. The van der Waals surface area contributed by atoms with Crippen LogP contribution in [0.3, 0.4) is 0 Å². The zero-order valence-electron chi connectivity index (χ0n) is 11.5. The van der Waals surface area contributed by atoms with Crippen LogP contribution in [-0.4, -0.2) is 6.29 Å². The molecule has 0 aliphatic carbocycles. The normalized spacial score (nSPS) is 11.1. The van der Waals surface area contributed by atoms with E-state index in [1.54, 1.807) is 12.1 Å². The van der Waals surface area contributed by atoms with Crippen molar-refractivity contribution in [1.29, 1.82) is 0 Å². The second-order valence-electron chi connectivity index (χ2n) is 5.16. The van der Waals surface area contributed by atoms with Crippen LogP contribution in [0.25, 0.3) is 33.1 Å². The van der Waals surface area contributed by atoms with E-state index in [2.05, 4.69) is 0 Å². The molecular formula is C19H11ClO2. The van der Waals surface area contributed by atoms with Gasteiger partial charge < -0.3 is 4.42 Å². The van der Waals surface area contributed by atoms with Crippen LogP contribution in [0, 0.1) is 0 Å². The summed E-state index contributed by atoms with van der Waals surface area (Å²) in [4.78, 5) is 11.3. The summed E-state index contributed by atoms with van der Waals surface area (Å²) in [5.74, 6) is 0. The molecule has 0 radical (unpaired) electrons. The van der Waals surface area contributed by atoms with E-state index >= 15 is 0 Å². The van der Waals surface area contributed by atoms with Crippen molar-refractivity contribution in [2.24, 2.45) is 0 Å². The van der Waals surface area contributed by atoms with Crippen molar-refractivity contribution in [3.8, 4) is 11.1 Å². The molecule has 4 rings (SSSR count). The standard InChI is InChI=1S/C19H11ClO2/c20-14-7-5-13(11-21)16(10-14)12-6-8-19-17(9-12)15-3-1-2-4-18(15)22-19/h1-11H. The smallest absolute Gasteiger partial charge is 0.150 e. The van der Waals surface area contributed by atoms with Gasteiger partial charge in [-0.1, -0.05) is 35.9 Å². The fourth-order valence-corrected chi connectivity index (χ4v) is 2.95. The molecule has 3 heteroatoms. The first-order chi connectivity index (χ1) is 10.8. The molecule has 0 atom stereocenters. The monoisotopic (exact) mass is 306 g/mol. The van der Waals surface area contributed by atoms with Crippen LogP contribution in [0.2, 0.25) is 5.02 Å². The Balaban J connectivity index is 2.02. The summed E-state index contributed by atoms with van der Waals surface area (Å²) in [5.41, 5.74) is 4.09. The molecule has 1 heterocycles. The van der Waals surface area contributed by atoms with Crippen molar-refractivity contribution < 1.29 is 9.21 Å². The molecule has 1 aromatic heterocycles. The molecule has 0 saturated carbocycles. The molecule has 3 aromatic carbocycles. The molecule has 0 bridgehead atoms. The van der Waals surface area contributed by atoms with Crippen molar-refractivity contribution >= 4 is 39.8 Å². The lowest BCUT2D eigenvalue weighted by Gasteiger charge is -2.06. The highest BCUT2D eigenvalue weighted by molar-refractivity contribution is 6.31. The number of hydrogen-bond donors (Lipinski definition) is 0. The largest absolute Gasteiger partial charge is 0.456 e. The molecular weight excluding hydrogens is 296 g/mol. The number of carbonyl (C=O) groups is 1. The highest BCUT2D eigenvalue weighted by atomic mass is 35.5. The van der Waals surface area contributed by atoms with E-state index in [0.717, 1.165) is 39.4 Å². The predicted molar refractivity (Wildman–Crippen MR) is 89.6 cm³/mol. The maximum atomic E-state index is 11.3. The molecule has 22 heavy (non-hydrogen) atoms. The van der Waals surface area contributed by atoms with Gasteiger partial charge in [-0.15, -0.1) is 0 Å². The summed E-state index contributed by atoms with van der Waals surface area (Å²) in [7, 11) is 0. The van der Waals surface area contributed by atoms with Crippen LogP contribution in [0.15, 0.2) is 65.1 Å². The highest BCUT2D eigenvalue weighted by Crippen LogP contribution is 2.33. The fourth-order valence-electron chi connectivity index (χ4n) is 2.77. The van der Waals surface area contributed by atoms with Gasteiger partial charge in [-0.05, 0) is 47.5 Å². The lowest BCUT2D eigenvalue weighted by molar-refractivity contribution is 0.112. The van der Waals surface area contributed by atoms with Gasteiger partial charge in [0.25, 0.3) is 0 Å². The summed E-state index contributed by atoms with van der Waals surface area (Å²) < 4.78 is 5.83. The van der Waals surface area contributed by atoms with Crippen LogP contribution < -0.4 is 0 Å². The van der Waals surface area contributed by atoms with Gasteiger partial charge in [0.05, 0.1) is 0 Å². The number of hydrogen-bond acceptors (Lipinski definition) is 2. The van der Waals surface area contributed by atoms with Gasteiger partial charge in [0.15, 0.2) is 6.29 Å². The summed E-state index contributed by atoms with van der Waals surface area (Å²) >= 11 is 6.08. The number of furan rings is 1.